The molecule has 0 aliphatic heterocycles. The van der Waals surface area contributed by atoms with Crippen molar-refractivity contribution in [1.29, 1.82) is 0 Å². The second-order valence-electron chi connectivity index (χ2n) is 3.95. The van der Waals surface area contributed by atoms with E-state index in [-0.39, 0.29) is 5.78 Å². The first-order valence-corrected chi connectivity index (χ1v) is 5.47. The van der Waals surface area contributed by atoms with Crippen LogP contribution < -0.4 is 0 Å². The van der Waals surface area contributed by atoms with Crippen molar-refractivity contribution in [3.05, 3.63) is 35.9 Å². The molecule has 0 radical (unpaired) electrons. The summed E-state index contributed by atoms with van der Waals surface area (Å²) in [6.45, 7) is 7.73. The Balaban J connectivity index is 2.63. The molecule has 82 valence electrons. The Labute approximate surface area is 91.9 Å². The number of hydrogen-bond donors (Lipinski definition) is 0. The Hall–Kier alpha value is -1.15. The molecule has 1 aromatic rings. The first kappa shape index (κ1) is 11.9. The molecule has 0 saturated heterocycles. The number of nitrogens with zero attached hydrogens (tertiary/aromatic N) is 1. The van der Waals surface area contributed by atoms with Crippen LogP contribution in [0.1, 0.15) is 31.1 Å². The van der Waals surface area contributed by atoms with E-state index in [1.807, 2.05) is 30.3 Å². The monoisotopic (exact) mass is 205 g/mol. The van der Waals surface area contributed by atoms with E-state index >= 15 is 0 Å². The maximum absolute atomic E-state index is 11.9. The standard InChI is InChI=1S/C13H19NO/c1-4-14(11(2)3)10-13(15)12-8-6-5-7-9-12/h5-9,11H,4,10H2,1-3H3. The fourth-order valence-corrected chi connectivity index (χ4v) is 1.56. The zero-order valence-corrected chi connectivity index (χ0v) is 9.73. The van der Waals surface area contributed by atoms with E-state index in [1.165, 1.54) is 0 Å². The van der Waals surface area contributed by atoms with Crippen molar-refractivity contribution in [1.82, 2.24) is 4.90 Å². The summed E-state index contributed by atoms with van der Waals surface area (Å²) in [5, 5.41) is 0. The Morgan fingerprint density at radius 3 is 2.33 bits per heavy atom. The first-order chi connectivity index (χ1) is 7.15. The smallest absolute Gasteiger partial charge is 0.176 e. The average molecular weight is 205 g/mol. The van der Waals surface area contributed by atoms with Crippen LogP contribution in [0.2, 0.25) is 0 Å². The fraction of sp³-hybridized carbons (Fsp3) is 0.462. The summed E-state index contributed by atoms with van der Waals surface area (Å²) in [5.41, 5.74) is 0.802. The molecule has 15 heavy (non-hydrogen) atoms. The Kier molecular flexibility index (Phi) is 4.50. The Morgan fingerprint density at radius 2 is 1.87 bits per heavy atom. The summed E-state index contributed by atoms with van der Waals surface area (Å²) in [7, 11) is 0. The molecular weight excluding hydrogens is 186 g/mol. The topological polar surface area (TPSA) is 20.3 Å². The largest absolute Gasteiger partial charge is 0.294 e. The number of ketones is 1. The zero-order valence-electron chi connectivity index (χ0n) is 9.73. The number of Topliss-reactive ketones (excluding diaryl/α,β-unsaturated/α-hetero) is 1. The molecule has 0 unspecified atom stereocenters. The third-order valence-electron chi connectivity index (χ3n) is 2.58. The van der Waals surface area contributed by atoms with Gasteiger partial charge in [-0.2, -0.15) is 0 Å². The molecule has 2 nitrogen and oxygen atoms in total. The van der Waals surface area contributed by atoms with Crippen LogP contribution >= 0.6 is 0 Å². The molecule has 0 spiro atoms. The Morgan fingerprint density at radius 1 is 1.27 bits per heavy atom. The highest BCUT2D eigenvalue weighted by molar-refractivity contribution is 5.97. The van der Waals surface area contributed by atoms with Crippen molar-refractivity contribution in [3.8, 4) is 0 Å². The van der Waals surface area contributed by atoms with E-state index in [0.717, 1.165) is 12.1 Å². The molecule has 0 N–H and O–H groups in total. The molecule has 1 aromatic carbocycles. The van der Waals surface area contributed by atoms with Gasteiger partial charge >= 0.3 is 0 Å². The van der Waals surface area contributed by atoms with Crippen LogP contribution in [0.15, 0.2) is 30.3 Å². The van der Waals surface area contributed by atoms with Crippen molar-refractivity contribution in [2.24, 2.45) is 0 Å². The van der Waals surface area contributed by atoms with E-state index in [1.54, 1.807) is 0 Å². The van der Waals surface area contributed by atoms with Gasteiger partial charge in [0.15, 0.2) is 5.78 Å². The highest BCUT2D eigenvalue weighted by atomic mass is 16.1. The molecule has 0 bridgehead atoms. The lowest BCUT2D eigenvalue weighted by Gasteiger charge is -2.23. The van der Waals surface area contributed by atoms with Gasteiger partial charge in [-0.05, 0) is 20.4 Å². The van der Waals surface area contributed by atoms with E-state index in [2.05, 4.69) is 25.7 Å². The van der Waals surface area contributed by atoms with Crippen LogP contribution in [0.3, 0.4) is 0 Å². The molecule has 2 heteroatoms. The van der Waals surface area contributed by atoms with E-state index in [0.29, 0.717) is 12.6 Å². The minimum absolute atomic E-state index is 0.200. The highest BCUT2D eigenvalue weighted by Crippen LogP contribution is 2.04. The summed E-state index contributed by atoms with van der Waals surface area (Å²) in [5.74, 6) is 0.200. The number of carbonyl (C=O) groups excluding carboxylic acids is 1. The lowest BCUT2D eigenvalue weighted by atomic mass is 10.1. The summed E-state index contributed by atoms with van der Waals surface area (Å²) in [6, 6.07) is 9.89. The molecule has 0 fully saturated rings. The van der Waals surface area contributed by atoms with Crippen molar-refractivity contribution in [3.63, 3.8) is 0 Å². The predicted octanol–water partition coefficient (Wildman–Crippen LogP) is 2.60. The molecule has 0 amide bonds. The summed E-state index contributed by atoms with van der Waals surface area (Å²) in [4.78, 5) is 14.0. The van der Waals surface area contributed by atoms with Gasteiger partial charge in [0.05, 0.1) is 6.54 Å². The summed E-state index contributed by atoms with van der Waals surface area (Å²) in [6.07, 6.45) is 0. The minimum Gasteiger partial charge on any atom is -0.294 e. The molecule has 0 atom stereocenters. The molecule has 0 aromatic heterocycles. The van der Waals surface area contributed by atoms with Crippen LogP contribution in [0.5, 0.6) is 0 Å². The van der Waals surface area contributed by atoms with Gasteiger partial charge in [0.1, 0.15) is 0 Å². The quantitative estimate of drug-likeness (QED) is 0.689. The van der Waals surface area contributed by atoms with Gasteiger partial charge in [0, 0.05) is 11.6 Å². The molecule has 0 aliphatic rings. The molecule has 0 heterocycles. The van der Waals surface area contributed by atoms with E-state index in [4.69, 9.17) is 0 Å². The number of likely N-dealkylation sites (N-methyl/N-ethyl adjacent to an activating group) is 1. The zero-order chi connectivity index (χ0) is 11.3. The van der Waals surface area contributed by atoms with Gasteiger partial charge in [-0.15, -0.1) is 0 Å². The molecule has 0 saturated carbocycles. The van der Waals surface area contributed by atoms with Crippen LogP contribution in [-0.4, -0.2) is 29.8 Å². The van der Waals surface area contributed by atoms with Gasteiger partial charge in [-0.1, -0.05) is 37.3 Å². The lowest BCUT2D eigenvalue weighted by Crippen LogP contribution is -2.35. The number of carbonyl (C=O) groups is 1. The number of benzene rings is 1. The second-order valence-corrected chi connectivity index (χ2v) is 3.95. The molecule has 0 aliphatic carbocycles. The Bertz CT molecular complexity index is 306. The molecule has 1 rings (SSSR count). The van der Waals surface area contributed by atoms with Crippen LogP contribution in [0.25, 0.3) is 0 Å². The SMILES string of the molecule is CCN(CC(=O)c1ccccc1)C(C)C. The third-order valence-corrected chi connectivity index (χ3v) is 2.58. The highest BCUT2D eigenvalue weighted by Gasteiger charge is 2.12. The number of hydrogen-bond acceptors (Lipinski definition) is 2. The van der Waals surface area contributed by atoms with Crippen LogP contribution in [0, 0.1) is 0 Å². The summed E-state index contributed by atoms with van der Waals surface area (Å²) < 4.78 is 0. The van der Waals surface area contributed by atoms with Gasteiger partial charge in [-0.3, -0.25) is 9.69 Å². The van der Waals surface area contributed by atoms with Crippen molar-refractivity contribution >= 4 is 5.78 Å². The third kappa shape index (κ3) is 3.48. The minimum atomic E-state index is 0.200. The van der Waals surface area contributed by atoms with E-state index < -0.39 is 0 Å². The lowest BCUT2D eigenvalue weighted by molar-refractivity contribution is 0.0911. The predicted molar refractivity (Wildman–Crippen MR) is 63.2 cm³/mol. The van der Waals surface area contributed by atoms with Crippen molar-refractivity contribution in [2.75, 3.05) is 13.1 Å². The van der Waals surface area contributed by atoms with Crippen LogP contribution in [0.4, 0.5) is 0 Å². The maximum Gasteiger partial charge on any atom is 0.176 e. The van der Waals surface area contributed by atoms with Crippen molar-refractivity contribution < 1.29 is 4.79 Å². The van der Waals surface area contributed by atoms with Gasteiger partial charge < -0.3 is 0 Å². The average Bonchev–Trinajstić information content (AvgIpc) is 2.26. The maximum atomic E-state index is 11.9. The van der Waals surface area contributed by atoms with Crippen molar-refractivity contribution in [2.45, 2.75) is 26.8 Å². The number of rotatable bonds is 5. The van der Waals surface area contributed by atoms with Gasteiger partial charge in [0.2, 0.25) is 0 Å². The van der Waals surface area contributed by atoms with Crippen LogP contribution in [-0.2, 0) is 0 Å². The second kappa shape index (κ2) is 5.66. The van der Waals surface area contributed by atoms with Gasteiger partial charge in [-0.25, -0.2) is 0 Å². The summed E-state index contributed by atoms with van der Waals surface area (Å²) >= 11 is 0. The normalized spacial score (nSPS) is 11.0. The molecular formula is C13H19NO. The first-order valence-electron chi connectivity index (χ1n) is 5.47. The van der Waals surface area contributed by atoms with E-state index in [9.17, 15) is 4.79 Å². The fourth-order valence-electron chi connectivity index (χ4n) is 1.56. The van der Waals surface area contributed by atoms with Gasteiger partial charge in [0.25, 0.3) is 0 Å².